The molecule has 0 atom stereocenters. The van der Waals surface area contributed by atoms with E-state index in [4.69, 9.17) is 0 Å². The van der Waals surface area contributed by atoms with E-state index < -0.39 is 0 Å². The van der Waals surface area contributed by atoms with Crippen LogP contribution in [0.15, 0.2) is 54.6 Å². The molecule has 0 nitrogen and oxygen atoms in total. The minimum atomic E-state index is -0.219. The molecule has 0 aliphatic rings. The maximum atomic E-state index is 2.37. The molecule has 0 aliphatic heterocycles. The van der Waals surface area contributed by atoms with Gasteiger partial charge in [0.15, 0.2) is 0 Å². The summed E-state index contributed by atoms with van der Waals surface area (Å²) >= 11 is 0. The predicted octanol–water partition coefficient (Wildman–Crippen LogP) is 6.06. The molecule has 0 spiro atoms. The summed E-state index contributed by atoms with van der Waals surface area (Å²) in [7, 11) is -0.219. The number of hydrogen-bond donors (Lipinski definition) is 0. The quantitative estimate of drug-likeness (QED) is 0.591. The van der Waals surface area contributed by atoms with Gasteiger partial charge >= 0.3 is 0 Å². The lowest BCUT2D eigenvalue weighted by atomic mass is 10.1. The standard InChI is InChI=1S/C20H27P/c1-19(2,3)21(20(4,5)6)18-14-12-17(13-15-18)16-10-8-7-9-11-16/h7-15H,1-6H3. The van der Waals surface area contributed by atoms with Gasteiger partial charge in [0.2, 0.25) is 0 Å². The maximum Gasteiger partial charge on any atom is -0.0134 e. The second-order valence-corrected chi connectivity index (χ2v) is 11.5. The van der Waals surface area contributed by atoms with E-state index in [9.17, 15) is 0 Å². The summed E-state index contributed by atoms with van der Waals surface area (Å²) in [5.74, 6) is 0. The average Bonchev–Trinajstić information content (AvgIpc) is 2.37. The van der Waals surface area contributed by atoms with Crippen LogP contribution in [-0.2, 0) is 0 Å². The number of benzene rings is 2. The van der Waals surface area contributed by atoms with Gasteiger partial charge in [0.1, 0.15) is 0 Å². The van der Waals surface area contributed by atoms with Crippen LogP contribution in [0.2, 0.25) is 0 Å². The SMILES string of the molecule is CC(C)(C)P(c1ccc(-c2ccccc2)cc1)C(C)(C)C. The van der Waals surface area contributed by atoms with E-state index in [2.05, 4.69) is 96.1 Å². The average molecular weight is 298 g/mol. The van der Waals surface area contributed by atoms with Crippen molar-refractivity contribution in [3.8, 4) is 11.1 Å². The third kappa shape index (κ3) is 3.95. The Morgan fingerprint density at radius 3 is 1.43 bits per heavy atom. The van der Waals surface area contributed by atoms with Crippen molar-refractivity contribution < 1.29 is 0 Å². The van der Waals surface area contributed by atoms with Crippen molar-refractivity contribution in [3.05, 3.63) is 54.6 Å². The highest BCUT2D eigenvalue weighted by molar-refractivity contribution is 7.68. The molecule has 0 aromatic heterocycles. The summed E-state index contributed by atoms with van der Waals surface area (Å²) in [6.45, 7) is 14.2. The molecule has 112 valence electrons. The van der Waals surface area contributed by atoms with Gasteiger partial charge in [-0.1, -0.05) is 104 Å². The highest BCUT2D eigenvalue weighted by Crippen LogP contribution is 2.58. The van der Waals surface area contributed by atoms with E-state index in [0.29, 0.717) is 10.3 Å². The van der Waals surface area contributed by atoms with Crippen LogP contribution in [0.3, 0.4) is 0 Å². The lowest BCUT2D eigenvalue weighted by Crippen LogP contribution is -2.30. The Morgan fingerprint density at radius 2 is 1.00 bits per heavy atom. The zero-order chi connectivity index (χ0) is 15.7. The third-order valence-electron chi connectivity index (χ3n) is 3.57. The summed E-state index contributed by atoms with van der Waals surface area (Å²) < 4.78 is 0. The molecule has 0 fully saturated rings. The number of rotatable bonds is 2. The molecule has 1 heteroatoms. The molecule has 0 unspecified atom stereocenters. The number of hydrogen-bond acceptors (Lipinski definition) is 0. The van der Waals surface area contributed by atoms with Gasteiger partial charge < -0.3 is 0 Å². The second kappa shape index (κ2) is 5.93. The first-order valence-corrected chi connectivity index (χ1v) is 8.99. The first-order valence-electron chi connectivity index (χ1n) is 7.65. The Morgan fingerprint density at radius 1 is 0.571 bits per heavy atom. The molecule has 0 radical (unpaired) electrons. The van der Waals surface area contributed by atoms with Gasteiger partial charge in [-0.2, -0.15) is 0 Å². The van der Waals surface area contributed by atoms with Crippen molar-refractivity contribution in [2.24, 2.45) is 0 Å². The molecule has 0 aliphatic carbocycles. The van der Waals surface area contributed by atoms with E-state index in [0.717, 1.165) is 0 Å². The minimum absolute atomic E-state index is 0.219. The van der Waals surface area contributed by atoms with Crippen LogP contribution in [0.5, 0.6) is 0 Å². The van der Waals surface area contributed by atoms with E-state index in [1.54, 1.807) is 0 Å². The van der Waals surface area contributed by atoms with E-state index >= 15 is 0 Å². The topological polar surface area (TPSA) is 0 Å². The molecule has 2 aromatic carbocycles. The second-order valence-electron chi connectivity index (χ2n) is 7.59. The van der Waals surface area contributed by atoms with Crippen molar-refractivity contribution in [2.75, 3.05) is 0 Å². The largest absolute Gasteiger partial charge is 0.0643 e. The van der Waals surface area contributed by atoms with Crippen LogP contribution in [0.25, 0.3) is 11.1 Å². The molecular formula is C20H27P. The first-order chi connectivity index (χ1) is 9.69. The highest BCUT2D eigenvalue weighted by Gasteiger charge is 2.35. The Hall–Kier alpha value is -1.13. The normalized spacial score (nSPS) is 12.7. The Balaban J connectivity index is 2.37. The van der Waals surface area contributed by atoms with Crippen molar-refractivity contribution in [2.45, 2.75) is 51.9 Å². The monoisotopic (exact) mass is 298 g/mol. The lowest BCUT2D eigenvalue weighted by molar-refractivity contribution is 0.715. The Bertz CT molecular complexity index is 554. The molecule has 21 heavy (non-hydrogen) atoms. The molecular weight excluding hydrogens is 271 g/mol. The minimum Gasteiger partial charge on any atom is -0.0643 e. The predicted molar refractivity (Wildman–Crippen MR) is 97.9 cm³/mol. The summed E-state index contributed by atoms with van der Waals surface area (Å²) in [5, 5.41) is 2.15. The fourth-order valence-corrected chi connectivity index (χ4v) is 7.22. The van der Waals surface area contributed by atoms with Crippen LogP contribution < -0.4 is 5.30 Å². The fourth-order valence-electron chi connectivity index (χ4n) is 3.21. The van der Waals surface area contributed by atoms with Gasteiger partial charge in [-0.15, -0.1) is 0 Å². The molecule has 0 saturated carbocycles. The van der Waals surface area contributed by atoms with Crippen molar-refractivity contribution in [1.29, 1.82) is 0 Å². The summed E-state index contributed by atoms with van der Waals surface area (Å²) in [6, 6.07) is 19.8. The smallest absolute Gasteiger partial charge is 0.0134 e. The van der Waals surface area contributed by atoms with Crippen LogP contribution in [-0.4, -0.2) is 10.3 Å². The van der Waals surface area contributed by atoms with E-state index in [-0.39, 0.29) is 7.92 Å². The Kier molecular flexibility index (Phi) is 4.59. The molecule has 0 saturated heterocycles. The van der Waals surface area contributed by atoms with E-state index in [1.165, 1.54) is 16.4 Å². The van der Waals surface area contributed by atoms with Crippen molar-refractivity contribution in [1.82, 2.24) is 0 Å². The molecule has 0 amide bonds. The fraction of sp³-hybridized carbons (Fsp3) is 0.400. The van der Waals surface area contributed by atoms with Gasteiger partial charge in [-0.25, -0.2) is 0 Å². The summed E-state index contributed by atoms with van der Waals surface area (Å²) in [4.78, 5) is 0. The van der Waals surface area contributed by atoms with Crippen molar-refractivity contribution in [3.63, 3.8) is 0 Å². The Labute approximate surface area is 131 Å². The van der Waals surface area contributed by atoms with Gasteiger partial charge in [-0.3, -0.25) is 0 Å². The summed E-state index contributed by atoms with van der Waals surface area (Å²) in [6.07, 6.45) is 0. The maximum absolute atomic E-state index is 2.37. The lowest BCUT2D eigenvalue weighted by Gasteiger charge is -2.41. The van der Waals surface area contributed by atoms with Crippen LogP contribution in [0.4, 0.5) is 0 Å². The van der Waals surface area contributed by atoms with Crippen molar-refractivity contribution >= 4 is 13.2 Å². The van der Waals surface area contributed by atoms with Crippen LogP contribution in [0.1, 0.15) is 41.5 Å². The van der Waals surface area contributed by atoms with Crippen LogP contribution in [0, 0.1) is 0 Å². The van der Waals surface area contributed by atoms with Gasteiger partial charge in [0.05, 0.1) is 0 Å². The molecule has 0 heterocycles. The zero-order valence-electron chi connectivity index (χ0n) is 14.1. The highest BCUT2D eigenvalue weighted by atomic mass is 31.1. The first kappa shape index (κ1) is 16.2. The third-order valence-corrected chi connectivity index (χ3v) is 7.07. The molecule has 2 rings (SSSR count). The molecule has 2 aromatic rings. The summed E-state index contributed by atoms with van der Waals surface area (Å²) in [5.41, 5.74) is 2.59. The van der Waals surface area contributed by atoms with Gasteiger partial charge in [-0.05, 0) is 26.7 Å². The molecule has 0 bridgehead atoms. The van der Waals surface area contributed by atoms with Crippen LogP contribution >= 0.6 is 7.92 Å². The van der Waals surface area contributed by atoms with E-state index in [1.807, 2.05) is 0 Å². The zero-order valence-corrected chi connectivity index (χ0v) is 15.0. The molecule has 0 N–H and O–H groups in total. The van der Waals surface area contributed by atoms with Gasteiger partial charge in [0.25, 0.3) is 0 Å². The van der Waals surface area contributed by atoms with Gasteiger partial charge in [0, 0.05) is 0 Å².